The Bertz CT molecular complexity index is 1100. The van der Waals surface area contributed by atoms with E-state index in [9.17, 15) is 22.4 Å². The van der Waals surface area contributed by atoms with Gasteiger partial charge in [0.25, 0.3) is 0 Å². The normalized spacial score (nSPS) is 17.4. The van der Waals surface area contributed by atoms with E-state index in [1.54, 1.807) is 24.3 Å². The third-order valence-corrected chi connectivity index (χ3v) is 5.10. The van der Waals surface area contributed by atoms with Crippen molar-refractivity contribution in [2.75, 3.05) is 17.3 Å². The Kier molecular flexibility index (Phi) is 4.85. The lowest BCUT2D eigenvalue weighted by Crippen LogP contribution is -2.55. The minimum atomic E-state index is -2.22. The molecule has 0 saturated carbocycles. The Hall–Kier alpha value is -3.55. The Morgan fingerprint density at radius 3 is 2.07 bits per heavy atom. The summed E-state index contributed by atoms with van der Waals surface area (Å²) in [6.07, 6.45) is 0. The molecule has 0 fully saturated rings. The van der Waals surface area contributed by atoms with Crippen molar-refractivity contribution in [3.05, 3.63) is 95.1 Å². The van der Waals surface area contributed by atoms with E-state index in [0.717, 1.165) is 37.4 Å². The molecule has 1 N–H and O–H groups in total. The highest BCUT2D eigenvalue weighted by Crippen LogP contribution is 2.48. The first-order valence-electron chi connectivity index (χ1n) is 9.00. The van der Waals surface area contributed by atoms with E-state index in [1.807, 2.05) is 0 Å². The second-order valence-electron chi connectivity index (χ2n) is 6.73. The number of para-hydroxylation sites is 2. The Morgan fingerprint density at radius 1 is 0.900 bits per heavy atom. The molecule has 1 unspecified atom stereocenters. The van der Waals surface area contributed by atoms with E-state index in [-0.39, 0.29) is 5.56 Å². The second-order valence-corrected chi connectivity index (χ2v) is 6.73. The van der Waals surface area contributed by atoms with Crippen LogP contribution in [0.2, 0.25) is 0 Å². The summed E-state index contributed by atoms with van der Waals surface area (Å²) in [7, 11) is 1.06. The predicted octanol–water partition coefficient (Wildman–Crippen LogP) is 4.70. The number of ether oxygens (including phenoxy) is 1. The van der Waals surface area contributed by atoms with Crippen molar-refractivity contribution in [3.8, 4) is 0 Å². The molecule has 0 spiro atoms. The van der Waals surface area contributed by atoms with Gasteiger partial charge in [0.05, 0.1) is 30.6 Å². The predicted molar refractivity (Wildman–Crippen MR) is 103 cm³/mol. The van der Waals surface area contributed by atoms with Crippen LogP contribution in [0, 0.1) is 23.3 Å². The van der Waals surface area contributed by atoms with Crippen molar-refractivity contribution in [2.24, 2.45) is 0 Å². The molecule has 1 aliphatic heterocycles. The molecule has 1 aliphatic rings. The van der Waals surface area contributed by atoms with Crippen LogP contribution in [0.15, 0.2) is 60.7 Å². The van der Waals surface area contributed by atoms with Crippen molar-refractivity contribution in [1.29, 1.82) is 0 Å². The van der Waals surface area contributed by atoms with Gasteiger partial charge in [0, 0.05) is 5.56 Å². The number of esters is 1. The molecule has 0 saturated heterocycles. The number of carbonyl (C=O) groups excluding carboxylic acids is 1. The van der Waals surface area contributed by atoms with Crippen molar-refractivity contribution in [1.82, 2.24) is 0 Å². The van der Waals surface area contributed by atoms with Gasteiger partial charge in [-0.3, -0.25) is 0 Å². The number of hydrogen-bond acceptors (Lipinski definition) is 4. The maximum atomic E-state index is 14.9. The summed E-state index contributed by atoms with van der Waals surface area (Å²) in [4.78, 5) is 14.2. The molecule has 1 heterocycles. The number of hydrogen-bond donors (Lipinski definition) is 1. The molecular formula is C22H16F4N2O2. The van der Waals surface area contributed by atoms with Crippen LogP contribution in [0.4, 0.5) is 28.9 Å². The zero-order valence-electron chi connectivity index (χ0n) is 15.8. The first kappa shape index (κ1) is 19.8. The van der Waals surface area contributed by atoms with Crippen molar-refractivity contribution in [3.63, 3.8) is 0 Å². The molecule has 0 amide bonds. The van der Waals surface area contributed by atoms with Crippen LogP contribution < -0.4 is 10.2 Å². The van der Waals surface area contributed by atoms with Gasteiger partial charge in [0.1, 0.15) is 23.3 Å². The Balaban J connectivity index is 2.00. The van der Waals surface area contributed by atoms with Gasteiger partial charge in [-0.25, -0.2) is 22.4 Å². The molecule has 30 heavy (non-hydrogen) atoms. The lowest BCUT2D eigenvalue weighted by atomic mass is 9.95. The molecule has 3 aromatic rings. The molecule has 0 aromatic heterocycles. The molecule has 4 nitrogen and oxygen atoms in total. The fourth-order valence-corrected chi connectivity index (χ4v) is 3.75. The van der Waals surface area contributed by atoms with Gasteiger partial charge in [-0.1, -0.05) is 24.3 Å². The van der Waals surface area contributed by atoms with Crippen LogP contribution in [0.25, 0.3) is 0 Å². The van der Waals surface area contributed by atoms with Gasteiger partial charge >= 0.3 is 5.97 Å². The van der Waals surface area contributed by atoms with E-state index in [2.05, 4.69) is 5.32 Å². The number of rotatable bonds is 4. The minimum Gasteiger partial charge on any atom is -0.466 e. The van der Waals surface area contributed by atoms with Crippen LogP contribution in [0.5, 0.6) is 0 Å². The van der Waals surface area contributed by atoms with E-state index in [4.69, 9.17) is 4.74 Å². The average molecular weight is 416 g/mol. The van der Waals surface area contributed by atoms with Crippen molar-refractivity contribution < 1.29 is 27.1 Å². The van der Waals surface area contributed by atoms with E-state index < -0.39 is 47.0 Å². The first-order valence-corrected chi connectivity index (χ1v) is 9.00. The Morgan fingerprint density at radius 2 is 1.47 bits per heavy atom. The number of methoxy groups -OCH3 is 1. The lowest BCUT2D eigenvalue weighted by Gasteiger charge is -2.38. The third kappa shape index (κ3) is 2.87. The highest BCUT2D eigenvalue weighted by Gasteiger charge is 2.55. The quantitative estimate of drug-likeness (QED) is 0.495. The molecule has 3 aromatic carbocycles. The van der Waals surface area contributed by atoms with E-state index >= 15 is 0 Å². The third-order valence-electron chi connectivity index (χ3n) is 5.10. The molecule has 154 valence electrons. The fraction of sp³-hybridized carbons (Fsp3) is 0.136. The molecule has 4 rings (SSSR count). The maximum absolute atomic E-state index is 14.9. The van der Waals surface area contributed by atoms with E-state index in [1.165, 1.54) is 11.0 Å². The number of nitrogens with zero attached hydrogens (tertiary/aromatic N) is 1. The van der Waals surface area contributed by atoms with E-state index in [0.29, 0.717) is 11.4 Å². The van der Waals surface area contributed by atoms with Gasteiger partial charge in [0.15, 0.2) is 0 Å². The summed E-state index contributed by atoms with van der Waals surface area (Å²) in [5, 5.41) is 2.83. The summed E-state index contributed by atoms with van der Waals surface area (Å²) in [6.45, 7) is -0.495. The van der Waals surface area contributed by atoms with Crippen LogP contribution in [0.1, 0.15) is 11.1 Å². The van der Waals surface area contributed by atoms with Crippen molar-refractivity contribution >= 4 is 17.3 Å². The summed E-state index contributed by atoms with van der Waals surface area (Å²) in [6, 6.07) is 12.9. The Labute approximate surface area is 169 Å². The average Bonchev–Trinajstić information content (AvgIpc) is 3.05. The minimum absolute atomic E-state index is 0.327. The molecule has 0 radical (unpaired) electrons. The number of halogens is 4. The zero-order valence-corrected chi connectivity index (χ0v) is 15.8. The SMILES string of the molecule is COC(=O)C1(c2c(F)cccc2F)Nc2ccccc2N1Cc1c(F)cccc1F. The number of carbonyl (C=O) groups is 1. The van der Waals surface area contributed by atoms with Crippen LogP contribution in [-0.4, -0.2) is 13.1 Å². The molecule has 0 aliphatic carbocycles. The number of fused-ring (bicyclic) bond motifs is 1. The van der Waals surface area contributed by atoms with Crippen LogP contribution in [0.3, 0.4) is 0 Å². The smallest absolute Gasteiger partial charge is 0.358 e. The summed E-state index contributed by atoms with van der Waals surface area (Å²) in [5.74, 6) is -4.78. The zero-order chi connectivity index (χ0) is 21.5. The summed E-state index contributed by atoms with van der Waals surface area (Å²) < 4.78 is 63.5. The number of anilines is 2. The topological polar surface area (TPSA) is 41.6 Å². The van der Waals surface area contributed by atoms with Crippen LogP contribution in [-0.2, 0) is 21.7 Å². The van der Waals surface area contributed by atoms with Gasteiger partial charge in [0.2, 0.25) is 5.66 Å². The summed E-state index contributed by atoms with van der Waals surface area (Å²) >= 11 is 0. The fourth-order valence-electron chi connectivity index (χ4n) is 3.75. The van der Waals surface area contributed by atoms with Crippen LogP contribution >= 0.6 is 0 Å². The highest BCUT2D eigenvalue weighted by atomic mass is 19.1. The lowest BCUT2D eigenvalue weighted by molar-refractivity contribution is -0.146. The number of nitrogens with one attached hydrogen (secondary N) is 1. The molecular weight excluding hydrogens is 400 g/mol. The van der Waals surface area contributed by atoms with Gasteiger partial charge < -0.3 is 15.0 Å². The monoisotopic (exact) mass is 416 g/mol. The molecule has 1 atom stereocenters. The molecule has 8 heteroatoms. The van der Waals surface area contributed by atoms with Gasteiger partial charge in [-0.15, -0.1) is 0 Å². The maximum Gasteiger partial charge on any atom is 0.358 e. The molecule has 0 bridgehead atoms. The first-order chi connectivity index (χ1) is 14.4. The number of benzene rings is 3. The highest BCUT2D eigenvalue weighted by molar-refractivity contribution is 5.96. The second kappa shape index (κ2) is 7.37. The largest absolute Gasteiger partial charge is 0.466 e. The standard InChI is InChI=1S/C22H16F4N2O2/c1-30-21(29)22(20-16(25)8-5-9-17(20)26)27-18-10-2-3-11-19(18)28(22)12-13-14(23)6-4-7-15(13)24/h2-11,27H,12H2,1H3. The van der Waals surface area contributed by atoms with Gasteiger partial charge in [-0.05, 0) is 36.4 Å². The summed E-state index contributed by atoms with van der Waals surface area (Å²) in [5.41, 5.74) is -2.54. The van der Waals surface area contributed by atoms with Crippen molar-refractivity contribution in [2.45, 2.75) is 12.2 Å². The van der Waals surface area contributed by atoms with Gasteiger partial charge in [-0.2, -0.15) is 0 Å².